The van der Waals surface area contributed by atoms with E-state index in [0.717, 1.165) is 82.7 Å². The standard InChI is InChI=1S/3C33H26O.C27H22O/c1-22(2)23-10-12-24(13-11-23)25-14-16-26(17-15-25)27-18-20-28(21-19-27)29-7-5-8-31-30-6-3-4-9-32(30)34-33(29)31;1-22(2)23-7-9-24(10-8-23)25-11-13-26(14-12-25)27-15-17-28(18-16-27)29-19-20-33-31(21-29)30-5-3-4-6-32(30)34-33;1-22(2)23-7-9-24(10-8-23)25-11-13-26(14-12-25)27-15-17-28(18-16-27)29-19-20-31-30-5-3-4-6-32(30)34-33(31)21-29;1-18(2)19-7-5-8-20(15-19)21-9-6-10-22(16-21)23-13-14-25-24-11-3-4-12-26(24)28-27(25)17-23/h3*3-22H,1-2H3;3-18H,1-2H3. The molecule has 0 radical (unpaired) electrons. The Morgan fingerprint density at radius 3 is 0.731 bits per heavy atom. The van der Waals surface area contributed by atoms with Crippen LogP contribution in [0.1, 0.15) is 101 Å². The molecule has 0 aliphatic heterocycles. The molecule has 4 heterocycles. The lowest BCUT2D eigenvalue weighted by Crippen LogP contribution is -1.88. The van der Waals surface area contributed by atoms with Crippen molar-refractivity contribution in [2.75, 3.05) is 0 Å². The lowest BCUT2D eigenvalue weighted by Gasteiger charge is -2.10. The maximum atomic E-state index is 6.23. The Balaban J connectivity index is 0.000000109. The second-order valence-electron chi connectivity index (χ2n) is 35.4. The minimum absolute atomic E-state index is 0.527. The predicted molar refractivity (Wildman–Crippen MR) is 551 cm³/mol. The summed E-state index contributed by atoms with van der Waals surface area (Å²) < 4.78 is 24.4. The van der Waals surface area contributed by atoms with Crippen molar-refractivity contribution in [3.8, 4) is 122 Å². The van der Waals surface area contributed by atoms with Crippen LogP contribution in [0.25, 0.3) is 210 Å². The van der Waals surface area contributed by atoms with E-state index in [-0.39, 0.29) is 0 Å². The van der Waals surface area contributed by atoms with E-state index in [9.17, 15) is 0 Å². The quantitative estimate of drug-likeness (QED) is 0.103. The fourth-order valence-electron chi connectivity index (χ4n) is 17.9. The number of hydrogen-bond donors (Lipinski definition) is 0. The van der Waals surface area contributed by atoms with Crippen LogP contribution in [0.3, 0.4) is 0 Å². The summed E-state index contributed by atoms with van der Waals surface area (Å²) in [7, 11) is 0. The molecule has 4 aromatic heterocycles. The fourth-order valence-corrected chi connectivity index (χ4v) is 17.9. The van der Waals surface area contributed by atoms with Crippen molar-refractivity contribution >= 4 is 87.8 Å². The van der Waals surface area contributed by atoms with Gasteiger partial charge in [-0.3, -0.25) is 0 Å². The molecule has 0 spiro atoms. The van der Waals surface area contributed by atoms with E-state index in [1.165, 1.54) is 150 Å². The van der Waals surface area contributed by atoms with Gasteiger partial charge in [-0.2, -0.15) is 0 Å². The van der Waals surface area contributed by atoms with E-state index in [4.69, 9.17) is 17.7 Å². The molecule has 0 N–H and O–H groups in total. The van der Waals surface area contributed by atoms with Crippen LogP contribution in [0.15, 0.2) is 454 Å². The molecule has 0 unspecified atom stereocenters. The largest absolute Gasteiger partial charge is 0.456 e. The van der Waals surface area contributed by atoms with Crippen molar-refractivity contribution in [1.29, 1.82) is 0 Å². The second-order valence-corrected chi connectivity index (χ2v) is 35.4. The number of hydrogen-bond acceptors (Lipinski definition) is 4. The van der Waals surface area contributed by atoms with Crippen LogP contribution >= 0.6 is 0 Å². The third-order valence-electron chi connectivity index (χ3n) is 25.6. The zero-order chi connectivity index (χ0) is 88.3. The van der Waals surface area contributed by atoms with Crippen LogP contribution in [0.2, 0.25) is 0 Å². The minimum atomic E-state index is 0.527. The molecular weight excluding hydrogens is 1580 g/mol. The SMILES string of the molecule is CC(C)c1ccc(-c2ccc(-c3ccc(-c4ccc5c(c4)oc4ccccc45)cc3)cc2)cc1.CC(C)c1ccc(-c2ccc(-c3ccc(-c4ccc5oc6ccccc6c5c4)cc3)cc2)cc1.CC(C)c1ccc(-c2ccc(-c3ccc(-c4cccc5c4oc4ccccc45)cc3)cc2)cc1.CC(C)c1cccc(-c2cccc(-c3ccc4c(c3)oc3ccccc34)c2)c1. The average molecular weight is 1680 g/mol. The van der Waals surface area contributed by atoms with Crippen molar-refractivity contribution in [1.82, 2.24) is 0 Å². The van der Waals surface area contributed by atoms with E-state index in [1.54, 1.807) is 0 Å². The highest BCUT2D eigenvalue weighted by Crippen LogP contribution is 2.42. The van der Waals surface area contributed by atoms with Crippen LogP contribution < -0.4 is 0 Å². The molecule has 23 aromatic rings. The number of benzene rings is 19. The number of para-hydroxylation sites is 5. The topological polar surface area (TPSA) is 52.6 Å². The molecule has 0 aliphatic carbocycles. The smallest absolute Gasteiger partial charge is 0.143 e. The molecule has 4 heteroatoms. The lowest BCUT2D eigenvalue weighted by atomic mass is 9.95. The van der Waals surface area contributed by atoms with Crippen molar-refractivity contribution in [2.45, 2.75) is 79.1 Å². The highest BCUT2D eigenvalue weighted by atomic mass is 16.3. The molecule has 4 nitrogen and oxygen atoms in total. The van der Waals surface area contributed by atoms with Crippen LogP contribution in [0.5, 0.6) is 0 Å². The zero-order valence-corrected chi connectivity index (χ0v) is 74.5. The van der Waals surface area contributed by atoms with Crippen molar-refractivity contribution in [2.24, 2.45) is 0 Å². The summed E-state index contributed by atoms with van der Waals surface area (Å²) >= 11 is 0. The molecule has 19 aromatic carbocycles. The Hall–Kier alpha value is -15.6. The van der Waals surface area contributed by atoms with Gasteiger partial charge in [0.05, 0.1) is 0 Å². The molecule has 0 saturated carbocycles. The van der Waals surface area contributed by atoms with Crippen molar-refractivity contribution in [3.63, 3.8) is 0 Å². The summed E-state index contributed by atoms with van der Waals surface area (Å²) in [6.07, 6.45) is 0. The first-order chi connectivity index (χ1) is 63.7. The highest BCUT2D eigenvalue weighted by molar-refractivity contribution is 6.11. The summed E-state index contributed by atoms with van der Waals surface area (Å²) in [4.78, 5) is 0. The van der Waals surface area contributed by atoms with E-state index in [1.807, 2.05) is 48.5 Å². The third-order valence-corrected chi connectivity index (χ3v) is 25.6. The van der Waals surface area contributed by atoms with Gasteiger partial charge in [0, 0.05) is 48.7 Å². The van der Waals surface area contributed by atoms with Crippen LogP contribution in [0.4, 0.5) is 0 Å². The van der Waals surface area contributed by atoms with Crippen LogP contribution in [0, 0.1) is 0 Å². The third kappa shape index (κ3) is 17.4. The normalized spacial score (nSPS) is 11.5. The van der Waals surface area contributed by atoms with Crippen LogP contribution in [-0.4, -0.2) is 0 Å². The molecular formula is C126H100O4. The van der Waals surface area contributed by atoms with Gasteiger partial charge in [-0.05, 0) is 229 Å². The minimum Gasteiger partial charge on any atom is -0.456 e. The van der Waals surface area contributed by atoms with Gasteiger partial charge < -0.3 is 17.7 Å². The van der Waals surface area contributed by atoms with Crippen molar-refractivity contribution in [3.05, 3.63) is 459 Å². The Kier molecular flexibility index (Phi) is 23.1. The molecule has 0 amide bonds. The lowest BCUT2D eigenvalue weighted by molar-refractivity contribution is 0.668. The number of fused-ring (bicyclic) bond motifs is 12. The van der Waals surface area contributed by atoms with Gasteiger partial charge in [0.1, 0.15) is 44.7 Å². The van der Waals surface area contributed by atoms with Gasteiger partial charge in [-0.15, -0.1) is 0 Å². The maximum Gasteiger partial charge on any atom is 0.143 e. The van der Waals surface area contributed by atoms with Gasteiger partial charge in [0.2, 0.25) is 0 Å². The Labute approximate surface area is 760 Å². The Morgan fingerprint density at radius 2 is 0.362 bits per heavy atom. The Bertz CT molecular complexity index is 7910. The average Bonchev–Trinajstić information content (AvgIpc) is 1.63. The van der Waals surface area contributed by atoms with E-state index < -0.39 is 0 Å². The van der Waals surface area contributed by atoms with Crippen LogP contribution in [-0.2, 0) is 0 Å². The number of rotatable bonds is 15. The summed E-state index contributed by atoms with van der Waals surface area (Å²) in [5.74, 6) is 2.19. The van der Waals surface area contributed by atoms with E-state index >= 15 is 0 Å². The molecule has 0 atom stereocenters. The Morgan fingerprint density at radius 1 is 0.131 bits per heavy atom. The van der Waals surface area contributed by atoms with Gasteiger partial charge in [-0.25, -0.2) is 0 Å². The maximum absolute atomic E-state index is 6.23. The van der Waals surface area contributed by atoms with E-state index in [2.05, 4.69) is 444 Å². The first-order valence-corrected chi connectivity index (χ1v) is 45.5. The summed E-state index contributed by atoms with van der Waals surface area (Å²) in [6.45, 7) is 17.8. The zero-order valence-electron chi connectivity index (χ0n) is 74.5. The first kappa shape index (κ1) is 82.6. The molecule has 628 valence electrons. The fraction of sp³-hybridized carbons (Fsp3) is 0.0952. The molecule has 0 saturated heterocycles. The monoisotopic (exact) mass is 1680 g/mol. The first-order valence-electron chi connectivity index (χ1n) is 45.5. The second kappa shape index (κ2) is 36.4. The van der Waals surface area contributed by atoms with Gasteiger partial charge >= 0.3 is 0 Å². The van der Waals surface area contributed by atoms with Gasteiger partial charge in [0.25, 0.3) is 0 Å². The predicted octanol–water partition coefficient (Wildman–Crippen LogP) is 37.2. The van der Waals surface area contributed by atoms with Gasteiger partial charge in [0.15, 0.2) is 0 Å². The van der Waals surface area contributed by atoms with Crippen molar-refractivity contribution < 1.29 is 17.7 Å². The molecule has 0 bridgehead atoms. The summed E-state index contributed by atoms with van der Waals surface area (Å²) in [6, 6.07) is 156. The van der Waals surface area contributed by atoms with E-state index in [0.29, 0.717) is 23.7 Å². The molecule has 23 rings (SSSR count). The molecule has 0 fully saturated rings. The summed E-state index contributed by atoms with van der Waals surface area (Å²) in [5, 5.41) is 9.31. The molecule has 0 aliphatic rings. The summed E-state index contributed by atoms with van der Waals surface area (Å²) in [5.41, 5.74) is 39.7. The van der Waals surface area contributed by atoms with Gasteiger partial charge in [-0.1, -0.05) is 425 Å². The molecule has 130 heavy (non-hydrogen) atoms. The highest BCUT2D eigenvalue weighted by Gasteiger charge is 2.18. The number of furan rings is 4.